The molecule has 2 aromatic heterocycles. The Labute approximate surface area is 165 Å². The number of thiazole rings is 1. The highest BCUT2D eigenvalue weighted by Crippen LogP contribution is 2.43. The van der Waals surface area contributed by atoms with E-state index in [-0.39, 0.29) is 11.0 Å². The maximum Gasteiger partial charge on any atom is 0.335 e. The minimum absolute atomic E-state index is 0.266. The zero-order valence-electron chi connectivity index (χ0n) is 14.4. The van der Waals surface area contributed by atoms with E-state index in [1.165, 1.54) is 0 Å². The van der Waals surface area contributed by atoms with Crippen molar-refractivity contribution in [1.82, 2.24) is 9.97 Å². The number of rotatable bonds is 4. The average molecular weight is 401 g/mol. The molecule has 5 nitrogen and oxygen atoms in total. The predicted molar refractivity (Wildman–Crippen MR) is 105 cm³/mol. The lowest BCUT2D eigenvalue weighted by molar-refractivity contribution is 0.0629. The van der Waals surface area contributed by atoms with Crippen LogP contribution in [0.2, 0.25) is 5.15 Å². The molecule has 0 unspecified atom stereocenters. The molecule has 1 aliphatic heterocycles. The molecule has 1 fully saturated rings. The fraction of sp³-hybridized carbons (Fsp3) is 0.250. The quantitative estimate of drug-likeness (QED) is 0.645. The maximum absolute atomic E-state index is 11.2. The highest BCUT2D eigenvalue weighted by molar-refractivity contribution is 7.10. The third-order valence-corrected chi connectivity index (χ3v) is 6.24. The molecule has 27 heavy (non-hydrogen) atoms. The van der Waals surface area contributed by atoms with Crippen molar-refractivity contribution in [2.45, 2.75) is 18.3 Å². The molecule has 0 bridgehead atoms. The average Bonchev–Trinajstić information content (AvgIpc) is 3.20. The summed E-state index contributed by atoms with van der Waals surface area (Å²) in [7, 11) is 0. The van der Waals surface area contributed by atoms with Crippen molar-refractivity contribution in [3.63, 3.8) is 0 Å². The van der Waals surface area contributed by atoms with Crippen molar-refractivity contribution in [1.29, 1.82) is 0 Å². The molecule has 1 saturated heterocycles. The Morgan fingerprint density at radius 3 is 2.52 bits per heavy atom. The van der Waals surface area contributed by atoms with E-state index in [2.05, 4.69) is 4.98 Å². The summed E-state index contributed by atoms with van der Waals surface area (Å²) >= 11 is 7.49. The summed E-state index contributed by atoms with van der Waals surface area (Å²) in [6, 6.07) is 10.8. The monoisotopic (exact) mass is 400 g/mol. The van der Waals surface area contributed by atoms with Gasteiger partial charge in [-0.3, -0.25) is 0 Å². The second-order valence-corrected chi connectivity index (χ2v) is 7.73. The van der Waals surface area contributed by atoms with Gasteiger partial charge in [-0.25, -0.2) is 14.8 Å². The van der Waals surface area contributed by atoms with Gasteiger partial charge in [-0.15, -0.1) is 11.3 Å². The van der Waals surface area contributed by atoms with Crippen LogP contribution in [0, 0.1) is 0 Å². The van der Waals surface area contributed by atoms with Gasteiger partial charge >= 0.3 is 5.97 Å². The first kappa shape index (κ1) is 18.1. The van der Waals surface area contributed by atoms with Crippen LogP contribution in [0.3, 0.4) is 0 Å². The highest BCUT2D eigenvalue weighted by atomic mass is 35.5. The van der Waals surface area contributed by atoms with E-state index in [4.69, 9.17) is 21.3 Å². The SMILES string of the molecule is O=C(O)c1ccc(C2(c3nc(-c4ccc(Cl)nc4)cs3)CCOCC2)cc1. The van der Waals surface area contributed by atoms with Gasteiger partial charge in [-0.1, -0.05) is 23.7 Å². The molecule has 3 aromatic rings. The van der Waals surface area contributed by atoms with Crippen LogP contribution >= 0.6 is 22.9 Å². The van der Waals surface area contributed by atoms with Crippen LogP contribution in [0.4, 0.5) is 0 Å². The molecule has 0 aliphatic carbocycles. The maximum atomic E-state index is 11.2. The van der Waals surface area contributed by atoms with Crippen molar-refractivity contribution in [2.75, 3.05) is 13.2 Å². The van der Waals surface area contributed by atoms with Gasteiger partial charge in [0.1, 0.15) is 10.2 Å². The minimum Gasteiger partial charge on any atom is -0.478 e. The number of halogens is 1. The number of carbonyl (C=O) groups is 1. The van der Waals surface area contributed by atoms with Crippen molar-refractivity contribution >= 4 is 28.9 Å². The Balaban J connectivity index is 1.74. The molecule has 7 heteroatoms. The fourth-order valence-corrected chi connectivity index (χ4v) is 4.65. The molecule has 4 rings (SSSR count). The van der Waals surface area contributed by atoms with E-state index in [1.54, 1.807) is 35.7 Å². The lowest BCUT2D eigenvalue weighted by Crippen LogP contribution is -2.35. The molecule has 1 N–H and O–H groups in total. The summed E-state index contributed by atoms with van der Waals surface area (Å²) in [6.45, 7) is 1.30. The normalized spacial score (nSPS) is 16.2. The van der Waals surface area contributed by atoms with Crippen LogP contribution in [-0.4, -0.2) is 34.3 Å². The molecule has 0 saturated carbocycles. The van der Waals surface area contributed by atoms with E-state index < -0.39 is 5.97 Å². The molecular formula is C20H17ClN2O3S. The van der Waals surface area contributed by atoms with Gasteiger partial charge in [0.2, 0.25) is 0 Å². The molecule has 1 aliphatic rings. The summed E-state index contributed by atoms with van der Waals surface area (Å²) in [4.78, 5) is 20.2. The summed E-state index contributed by atoms with van der Waals surface area (Å²) in [5.41, 5.74) is 2.88. The molecule has 0 spiro atoms. The van der Waals surface area contributed by atoms with Crippen molar-refractivity contribution < 1.29 is 14.6 Å². The van der Waals surface area contributed by atoms with E-state index in [0.29, 0.717) is 18.4 Å². The van der Waals surface area contributed by atoms with E-state index in [0.717, 1.165) is 34.7 Å². The van der Waals surface area contributed by atoms with Gasteiger partial charge in [-0.05, 0) is 42.7 Å². The third kappa shape index (κ3) is 3.48. The third-order valence-electron chi connectivity index (χ3n) is 4.97. The Hall–Kier alpha value is -2.28. The number of aromatic carboxylic acids is 1. The Bertz CT molecular complexity index is 948. The zero-order valence-corrected chi connectivity index (χ0v) is 16.0. The van der Waals surface area contributed by atoms with Crippen LogP contribution in [-0.2, 0) is 10.2 Å². The first-order valence-electron chi connectivity index (χ1n) is 8.58. The highest BCUT2D eigenvalue weighted by Gasteiger charge is 2.39. The number of benzene rings is 1. The van der Waals surface area contributed by atoms with Gasteiger partial charge in [-0.2, -0.15) is 0 Å². The number of pyridine rings is 1. The number of ether oxygens (including phenoxy) is 1. The Morgan fingerprint density at radius 1 is 1.15 bits per heavy atom. The second kappa shape index (κ2) is 7.38. The van der Waals surface area contributed by atoms with Crippen LogP contribution in [0.25, 0.3) is 11.3 Å². The van der Waals surface area contributed by atoms with E-state index in [1.807, 2.05) is 23.6 Å². The zero-order chi connectivity index (χ0) is 18.9. The fourth-order valence-electron chi connectivity index (χ4n) is 3.43. The van der Waals surface area contributed by atoms with Crippen molar-refractivity contribution in [2.24, 2.45) is 0 Å². The van der Waals surface area contributed by atoms with Crippen LogP contribution in [0.5, 0.6) is 0 Å². The second-order valence-electron chi connectivity index (χ2n) is 6.48. The minimum atomic E-state index is -0.922. The van der Waals surface area contributed by atoms with E-state index >= 15 is 0 Å². The topological polar surface area (TPSA) is 72.3 Å². The molecule has 0 atom stereocenters. The number of carboxylic acids is 1. The smallest absolute Gasteiger partial charge is 0.335 e. The number of carboxylic acid groups (broad SMARTS) is 1. The molecular weight excluding hydrogens is 384 g/mol. The van der Waals surface area contributed by atoms with Gasteiger partial charge in [0.25, 0.3) is 0 Å². The molecule has 1 aromatic carbocycles. The summed E-state index contributed by atoms with van der Waals surface area (Å²) in [5.74, 6) is -0.922. The summed E-state index contributed by atoms with van der Waals surface area (Å²) in [6.07, 6.45) is 3.34. The van der Waals surface area contributed by atoms with Gasteiger partial charge in [0.05, 0.1) is 16.7 Å². The number of nitrogens with zero attached hydrogens (tertiary/aromatic N) is 2. The van der Waals surface area contributed by atoms with Crippen LogP contribution < -0.4 is 0 Å². The van der Waals surface area contributed by atoms with Crippen molar-refractivity contribution in [3.05, 3.63) is 69.3 Å². The standard InChI is InChI=1S/C20H17ClN2O3S/c21-17-6-3-14(11-22-17)16-12-27-19(23-16)20(7-9-26-10-8-20)15-4-1-13(2-5-15)18(24)25/h1-6,11-12H,7-10H2,(H,24,25). The molecule has 0 amide bonds. The lowest BCUT2D eigenvalue weighted by Gasteiger charge is -2.36. The number of hydrogen-bond acceptors (Lipinski definition) is 5. The molecule has 0 radical (unpaired) electrons. The first-order valence-corrected chi connectivity index (χ1v) is 9.84. The number of aromatic nitrogens is 2. The van der Waals surface area contributed by atoms with E-state index in [9.17, 15) is 9.90 Å². The lowest BCUT2D eigenvalue weighted by atomic mass is 9.74. The van der Waals surface area contributed by atoms with Gasteiger partial charge in [0, 0.05) is 30.4 Å². The summed E-state index contributed by atoms with van der Waals surface area (Å²) in [5, 5.41) is 12.7. The molecule has 3 heterocycles. The van der Waals surface area contributed by atoms with Crippen LogP contribution in [0.15, 0.2) is 48.0 Å². The number of hydrogen-bond donors (Lipinski definition) is 1. The summed E-state index contributed by atoms with van der Waals surface area (Å²) < 4.78 is 5.59. The van der Waals surface area contributed by atoms with Gasteiger partial charge in [0.15, 0.2) is 0 Å². The largest absolute Gasteiger partial charge is 0.478 e. The van der Waals surface area contributed by atoms with Gasteiger partial charge < -0.3 is 9.84 Å². The van der Waals surface area contributed by atoms with Crippen LogP contribution in [0.1, 0.15) is 33.8 Å². The Morgan fingerprint density at radius 2 is 1.89 bits per heavy atom. The first-order chi connectivity index (χ1) is 13.1. The molecule has 138 valence electrons. The predicted octanol–water partition coefficient (Wildman–Crippen LogP) is 4.65. The van der Waals surface area contributed by atoms with Crippen molar-refractivity contribution in [3.8, 4) is 11.3 Å². The Kier molecular flexibility index (Phi) is 4.95.